The Morgan fingerprint density at radius 3 is 2.62 bits per heavy atom. The molecule has 2 amide bonds. The van der Waals surface area contributed by atoms with Gasteiger partial charge in [0.15, 0.2) is 0 Å². The smallest absolute Gasteiger partial charge is 0.228 e. The third-order valence-corrected chi connectivity index (χ3v) is 5.03. The van der Waals surface area contributed by atoms with Crippen molar-refractivity contribution in [1.82, 2.24) is 15.1 Å². The van der Waals surface area contributed by atoms with Gasteiger partial charge in [0.05, 0.1) is 19.1 Å². The zero-order chi connectivity index (χ0) is 19.1. The van der Waals surface area contributed by atoms with Crippen LogP contribution in [0.1, 0.15) is 37.8 Å². The first-order chi connectivity index (χ1) is 12.5. The molecule has 1 aromatic carbocycles. The third-order valence-electron chi connectivity index (χ3n) is 5.03. The fraction of sp³-hybridized carbons (Fsp3) is 0.600. The number of hydrogen-bond acceptors (Lipinski definition) is 4. The lowest BCUT2D eigenvalue weighted by Gasteiger charge is -2.30. The second-order valence-corrected chi connectivity index (χ2v) is 6.83. The number of carbonyl (C=O) groups is 2. The van der Waals surface area contributed by atoms with Crippen molar-refractivity contribution >= 4 is 11.8 Å². The van der Waals surface area contributed by atoms with Gasteiger partial charge in [0.2, 0.25) is 11.8 Å². The molecule has 6 nitrogen and oxygen atoms in total. The van der Waals surface area contributed by atoms with Crippen molar-refractivity contribution in [2.75, 3.05) is 40.8 Å². The van der Waals surface area contributed by atoms with Crippen LogP contribution in [-0.4, -0.2) is 62.5 Å². The molecule has 1 aliphatic heterocycles. The molecule has 2 rings (SSSR count). The maximum absolute atomic E-state index is 13.0. The van der Waals surface area contributed by atoms with Crippen molar-refractivity contribution in [2.45, 2.75) is 32.2 Å². The minimum atomic E-state index is -0.338. The van der Waals surface area contributed by atoms with Crippen LogP contribution >= 0.6 is 0 Å². The molecule has 1 heterocycles. The number of rotatable bonds is 9. The van der Waals surface area contributed by atoms with Crippen LogP contribution in [0.3, 0.4) is 0 Å². The van der Waals surface area contributed by atoms with E-state index in [0.717, 1.165) is 30.7 Å². The Morgan fingerprint density at radius 2 is 2.04 bits per heavy atom. The molecule has 0 spiro atoms. The summed E-state index contributed by atoms with van der Waals surface area (Å²) in [4.78, 5) is 29.3. The van der Waals surface area contributed by atoms with E-state index >= 15 is 0 Å². The second-order valence-electron chi connectivity index (χ2n) is 6.83. The maximum Gasteiger partial charge on any atom is 0.228 e. The molecule has 0 aromatic heterocycles. The lowest BCUT2D eigenvalue weighted by molar-refractivity contribution is -0.135. The molecule has 0 bridgehead atoms. The summed E-state index contributed by atoms with van der Waals surface area (Å²) in [5.74, 6) is 0.537. The topological polar surface area (TPSA) is 61.9 Å². The van der Waals surface area contributed by atoms with Crippen LogP contribution in [0.2, 0.25) is 0 Å². The number of ether oxygens (including phenoxy) is 1. The third kappa shape index (κ3) is 4.55. The van der Waals surface area contributed by atoms with E-state index in [1.54, 1.807) is 12.0 Å². The number of benzene rings is 1. The SMILES string of the molecule is CCCCN1C(=O)CC(C(=O)N(C)CCNC)C1c1ccc(OC)cc1. The molecule has 2 unspecified atom stereocenters. The van der Waals surface area contributed by atoms with Gasteiger partial charge in [-0.25, -0.2) is 0 Å². The van der Waals surface area contributed by atoms with E-state index in [-0.39, 0.29) is 30.2 Å². The summed E-state index contributed by atoms with van der Waals surface area (Å²) in [6, 6.07) is 7.51. The minimum absolute atomic E-state index is 0.0356. The lowest BCUT2D eigenvalue weighted by Crippen LogP contribution is -2.39. The van der Waals surface area contributed by atoms with Crippen molar-refractivity contribution < 1.29 is 14.3 Å². The molecular formula is C20H31N3O3. The van der Waals surface area contributed by atoms with Gasteiger partial charge in [-0.2, -0.15) is 0 Å². The number of likely N-dealkylation sites (tertiary alicyclic amines) is 1. The van der Waals surface area contributed by atoms with E-state index in [9.17, 15) is 9.59 Å². The van der Waals surface area contributed by atoms with Crippen molar-refractivity contribution in [3.8, 4) is 5.75 Å². The summed E-state index contributed by atoms with van der Waals surface area (Å²) < 4.78 is 5.24. The number of carbonyl (C=O) groups excluding carboxylic acids is 2. The van der Waals surface area contributed by atoms with Crippen molar-refractivity contribution in [1.29, 1.82) is 0 Å². The Labute approximate surface area is 156 Å². The second kappa shape index (κ2) is 9.57. The molecule has 1 N–H and O–H groups in total. The van der Waals surface area contributed by atoms with Crippen molar-refractivity contribution in [3.63, 3.8) is 0 Å². The summed E-state index contributed by atoms with van der Waals surface area (Å²) in [7, 11) is 5.30. The van der Waals surface area contributed by atoms with Crippen LogP contribution in [0.25, 0.3) is 0 Å². The normalized spacial score (nSPS) is 19.7. The molecule has 0 aliphatic carbocycles. The zero-order valence-corrected chi connectivity index (χ0v) is 16.3. The Hall–Kier alpha value is -2.08. The Bertz CT molecular complexity index is 603. The maximum atomic E-state index is 13.0. The standard InChI is InChI=1S/C20H31N3O3/c1-5-6-12-23-18(24)14-17(20(25)22(3)13-11-21-2)19(23)15-7-9-16(26-4)10-8-15/h7-10,17,19,21H,5-6,11-14H2,1-4H3. The summed E-state index contributed by atoms with van der Waals surface area (Å²) >= 11 is 0. The first kappa shape index (κ1) is 20.2. The average molecular weight is 361 g/mol. The van der Waals surface area contributed by atoms with Gasteiger partial charge >= 0.3 is 0 Å². The van der Waals surface area contributed by atoms with E-state index in [1.807, 2.05) is 43.3 Å². The first-order valence-electron chi connectivity index (χ1n) is 9.36. The van der Waals surface area contributed by atoms with Gasteiger partial charge in [-0.15, -0.1) is 0 Å². The molecule has 1 saturated heterocycles. The molecule has 1 aromatic rings. The predicted octanol–water partition coefficient (Wildman–Crippen LogP) is 2.06. The van der Waals surface area contributed by atoms with Gasteiger partial charge in [0.1, 0.15) is 5.75 Å². The lowest BCUT2D eigenvalue weighted by atomic mass is 9.92. The molecule has 0 radical (unpaired) electrons. The number of amides is 2. The summed E-state index contributed by atoms with van der Waals surface area (Å²) in [6.45, 7) is 4.16. The highest BCUT2D eigenvalue weighted by Gasteiger charge is 2.44. The van der Waals surface area contributed by atoms with Crippen LogP contribution in [0.15, 0.2) is 24.3 Å². The van der Waals surface area contributed by atoms with Crippen LogP contribution in [0.5, 0.6) is 5.75 Å². The molecule has 1 aliphatic rings. The Kier molecular flexibility index (Phi) is 7.45. The van der Waals surface area contributed by atoms with E-state index < -0.39 is 0 Å². The molecule has 6 heteroatoms. The number of nitrogens with zero attached hydrogens (tertiary/aromatic N) is 2. The Balaban J connectivity index is 2.28. The van der Waals surface area contributed by atoms with Gasteiger partial charge in [0, 0.05) is 33.1 Å². The quantitative estimate of drug-likeness (QED) is 0.731. The molecule has 2 atom stereocenters. The van der Waals surface area contributed by atoms with Gasteiger partial charge in [-0.3, -0.25) is 9.59 Å². The van der Waals surface area contributed by atoms with E-state index in [2.05, 4.69) is 12.2 Å². The van der Waals surface area contributed by atoms with Crippen LogP contribution in [-0.2, 0) is 9.59 Å². The summed E-state index contributed by atoms with van der Waals surface area (Å²) in [5.41, 5.74) is 0.994. The zero-order valence-electron chi connectivity index (χ0n) is 16.3. The molecule has 144 valence electrons. The van der Waals surface area contributed by atoms with Crippen LogP contribution in [0.4, 0.5) is 0 Å². The molecule has 26 heavy (non-hydrogen) atoms. The largest absolute Gasteiger partial charge is 0.497 e. The van der Waals surface area contributed by atoms with E-state index in [0.29, 0.717) is 13.1 Å². The summed E-state index contributed by atoms with van der Waals surface area (Å²) in [6.07, 6.45) is 2.23. The number of unbranched alkanes of at least 4 members (excludes halogenated alkanes) is 1. The van der Waals surface area contributed by atoms with E-state index in [1.165, 1.54) is 0 Å². The van der Waals surface area contributed by atoms with Crippen molar-refractivity contribution in [3.05, 3.63) is 29.8 Å². The highest BCUT2D eigenvalue weighted by atomic mass is 16.5. The fourth-order valence-corrected chi connectivity index (χ4v) is 3.49. The number of methoxy groups -OCH3 is 1. The highest BCUT2D eigenvalue weighted by molar-refractivity contribution is 5.90. The van der Waals surface area contributed by atoms with Crippen LogP contribution in [0, 0.1) is 5.92 Å². The van der Waals surface area contributed by atoms with E-state index in [4.69, 9.17) is 4.74 Å². The van der Waals surface area contributed by atoms with Gasteiger partial charge in [-0.05, 0) is 31.2 Å². The molecular weight excluding hydrogens is 330 g/mol. The molecule has 0 saturated carbocycles. The number of hydrogen-bond donors (Lipinski definition) is 1. The summed E-state index contributed by atoms with van der Waals surface area (Å²) in [5, 5.41) is 3.06. The highest BCUT2D eigenvalue weighted by Crippen LogP contribution is 2.39. The number of nitrogens with one attached hydrogen (secondary N) is 1. The fourth-order valence-electron chi connectivity index (χ4n) is 3.49. The first-order valence-corrected chi connectivity index (χ1v) is 9.36. The van der Waals surface area contributed by atoms with Gasteiger partial charge < -0.3 is 19.9 Å². The minimum Gasteiger partial charge on any atom is -0.497 e. The van der Waals surface area contributed by atoms with Gasteiger partial charge in [0.25, 0.3) is 0 Å². The molecule has 1 fully saturated rings. The van der Waals surface area contributed by atoms with Gasteiger partial charge in [-0.1, -0.05) is 25.5 Å². The average Bonchev–Trinajstić information content (AvgIpc) is 2.99. The monoisotopic (exact) mass is 361 g/mol. The Morgan fingerprint density at radius 1 is 1.35 bits per heavy atom. The van der Waals surface area contributed by atoms with Crippen molar-refractivity contribution in [2.24, 2.45) is 5.92 Å². The van der Waals surface area contributed by atoms with Crippen LogP contribution < -0.4 is 10.1 Å². The predicted molar refractivity (Wildman–Crippen MR) is 102 cm³/mol. The number of likely N-dealkylation sites (N-methyl/N-ethyl adjacent to an activating group) is 2.